The Bertz CT molecular complexity index is 879. The molecule has 10 nitrogen and oxygen atoms in total. The van der Waals surface area contributed by atoms with E-state index in [9.17, 15) is 14.4 Å². The van der Waals surface area contributed by atoms with Gasteiger partial charge in [-0.05, 0) is 19.9 Å². The Balaban J connectivity index is 1.87. The molecule has 0 radical (unpaired) electrons. The Hall–Kier alpha value is -3.27. The number of nitrogens with one attached hydrogen (secondary N) is 2. The van der Waals surface area contributed by atoms with Gasteiger partial charge in [0.1, 0.15) is 5.75 Å². The standard InChI is InChI=1S/C22H30N4O6/c1-4-31-20(27)18-16(14-25-10-12-26(13-11-25)22(29)32-5-2)23-21(28)24-19(18)15-8-6-7-9-17(15)30-3/h6-9,19H,4-5,10-14H2,1-3H3,(H2,23,24,28)/t19-/m0/s1. The van der Waals surface area contributed by atoms with Crippen molar-refractivity contribution in [1.29, 1.82) is 0 Å². The van der Waals surface area contributed by atoms with Crippen LogP contribution < -0.4 is 15.4 Å². The van der Waals surface area contributed by atoms with Crippen LogP contribution in [0.5, 0.6) is 5.75 Å². The lowest BCUT2D eigenvalue weighted by Gasteiger charge is -2.36. The average molecular weight is 447 g/mol. The number of piperazine rings is 1. The second kappa shape index (κ2) is 10.9. The molecule has 10 heteroatoms. The van der Waals surface area contributed by atoms with Crippen LogP contribution in [-0.2, 0) is 14.3 Å². The van der Waals surface area contributed by atoms with Gasteiger partial charge >= 0.3 is 18.1 Å². The zero-order chi connectivity index (χ0) is 23.1. The van der Waals surface area contributed by atoms with Crippen molar-refractivity contribution in [1.82, 2.24) is 20.4 Å². The van der Waals surface area contributed by atoms with Gasteiger partial charge in [0.15, 0.2) is 0 Å². The third-order valence-electron chi connectivity index (χ3n) is 5.38. The van der Waals surface area contributed by atoms with Crippen LogP contribution in [0.1, 0.15) is 25.5 Å². The number of rotatable bonds is 7. The van der Waals surface area contributed by atoms with Crippen LogP contribution in [-0.4, -0.2) is 80.9 Å². The first-order valence-electron chi connectivity index (χ1n) is 10.7. The summed E-state index contributed by atoms with van der Waals surface area (Å²) < 4.78 is 15.8. The molecule has 3 rings (SSSR count). The van der Waals surface area contributed by atoms with Gasteiger partial charge in [0.25, 0.3) is 0 Å². The van der Waals surface area contributed by atoms with Crippen molar-refractivity contribution in [3.63, 3.8) is 0 Å². The predicted octanol–water partition coefficient (Wildman–Crippen LogP) is 1.64. The number of methoxy groups -OCH3 is 1. The van der Waals surface area contributed by atoms with E-state index in [1.54, 1.807) is 31.9 Å². The largest absolute Gasteiger partial charge is 0.496 e. The highest BCUT2D eigenvalue weighted by Gasteiger charge is 2.36. The minimum absolute atomic E-state index is 0.209. The van der Waals surface area contributed by atoms with Crippen molar-refractivity contribution < 1.29 is 28.6 Å². The van der Waals surface area contributed by atoms with Crippen molar-refractivity contribution >= 4 is 18.1 Å². The number of carbonyl (C=O) groups is 3. The second-order valence-corrected chi connectivity index (χ2v) is 7.35. The number of hydrogen-bond donors (Lipinski definition) is 2. The minimum atomic E-state index is -0.713. The quantitative estimate of drug-likeness (QED) is 0.613. The summed E-state index contributed by atoms with van der Waals surface area (Å²) in [6, 6.07) is 6.11. The molecule has 3 amide bonds. The molecule has 0 saturated carbocycles. The first kappa shape index (κ1) is 23.4. The lowest BCUT2D eigenvalue weighted by molar-refractivity contribution is -0.139. The SMILES string of the molecule is CCOC(=O)C1=C(CN2CCN(C(=O)OCC)CC2)NC(=O)N[C@H]1c1ccccc1OC. The van der Waals surface area contributed by atoms with Crippen LogP contribution in [0.2, 0.25) is 0 Å². The zero-order valence-corrected chi connectivity index (χ0v) is 18.7. The first-order valence-corrected chi connectivity index (χ1v) is 10.7. The molecule has 2 aliphatic heterocycles. The van der Waals surface area contributed by atoms with Gasteiger partial charge in [-0.3, -0.25) is 4.90 Å². The molecule has 1 fully saturated rings. The first-order chi connectivity index (χ1) is 15.5. The number of hydrogen-bond acceptors (Lipinski definition) is 7. The summed E-state index contributed by atoms with van der Waals surface area (Å²) in [4.78, 5) is 41.1. The lowest BCUT2D eigenvalue weighted by atomic mass is 9.94. The van der Waals surface area contributed by atoms with Crippen LogP contribution in [0.25, 0.3) is 0 Å². The number of carbonyl (C=O) groups excluding carboxylic acids is 3. The molecular weight excluding hydrogens is 416 g/mol. The predicted molar refractivity (Wildman–Crippen MR) is 116 cm³/mol. The van der Waals surface area contributed by atoms with Gasteiger partial charge in [0.05, 0.1) is 31.9 Å². The normalized spacial score (nSPS) is 19.2. The van der Waals surface area contributed by atoms with Gasteiger partial charge in [-0.25, -0.2) is 14.4 Å². The molecule has 2 aliphatic rings. The molecule has 174 valence electrons. The smallest absolute Gasteiger partial charge is 0.409 e. The maximum atomic E-state index is 13.0. The Labute approximate surface area is 187 Å². The number of benzene rings is 1. The number of nitrogens with zero attached hydrogens (tertiary/aromatic N) is 2. The maximum absolute atomic E-state index is 13.0. The van der Waals surface area contributed by atoms with Gasteiger partial charge in [0, 0.05) is 44.0 Å². The summed E-state index contributed by atoms with van der Waals surface area (Å²) in [5.74, 6) is 0.0555. The van der Waals surface area contributed by atoms with E-state index >= 15 is 0 Å². The summed E-state index contributed by atoms with van der Waals surface area (Å²) in [7, 11) is 1.54. The van der Waals surface area contributed by atoms with E-state index in [4.69, 9.17) is 14.2 Å². The summed E-state index contributed by atoms with van der Waals surface area (Å²) in [5, 5.41) is 5.61. The topological polar surface area (TPSA) is 109 Å². The average Bonchev–Trinajstić information content (AvgIpc) is 2.79. The summed E-state index contributed by atoms with van der Waals surface area (Å²) in [6.45, 7) is 6.56. The molecule has 1 atom stereocenters. The number of esters is 1. The zero-order valence-electron chi connectivity index (χ0n) is 18.7. The van der Waals surface area contributed by atoms with Crippen molar-refractivity contribution in [3.05, 3.63) is 41.1 Å². The van der Waals surface area contributed by atoms with Crippen molar-refractivity contribution in [2.24, 2.45) is 0 Å². The van der Waals surface area contributed by atoms with Crippen LogP contribution in [0, 0.1) is 0 Å². The van der Waals surface area contributed by atoms with Crippen LogP contribution in [0.15, 0.2) is 35.5 Å². The van der Waals surface area contributed by atoms with E-state index in [0.29, 0.717) is 61.9 Å². The highest BCUT2D eigenvalue weighted by Crippen LogP contribution is 2.33. The third-order valence-corrected chi connectivity index (χ3v) is 5.38. The van der Waals surface area contributed by atoms with Crippen molar-refractivity contribution in [3.8, 4) is 5.75 Å². The molecule has 1 aromatic carbocycles. The highest BCUT2D eigenvalue weighted by molar-refractivity contribution is 5.95. The molecule has 1 saturated heterocycles. The molecular formula is C22H30N4O6. The number of para-hydroxylation sites is 1. The van der Waals surface area contributed by atoms with Gasteiger partial charge in [-0.2, -0.15) is 0 Å². The Morgan fingerprint density at radius 3 is 2.41 bits per heavy atom. The Morgan fingerprint density at radius 1 is 1.06 bits per heavy atom. The van der Waals surface area contributed by atoms with Gasteiger partial charge in [-0.1, -0.05) is 18.2 Å². The summed E-state index contributed by atoms with van der Waals surface area (Å²) in [6.07, 6.45) is -0.329. The molecule has 2 heterocycles. The maximum Gasteiger partial charge on any atom is 0.409 e. The van der Waals surface area contributed by atoms with Gasteiger partial charge < -0.3 is 29.7 Å². The van der Waals surface area contributed by atoms with E-state index in [0.717, 1.165) is 0 Å². The molecule has 0 aliphatic carbocycles. The van der Waals surface area contributed by atoms with Crippen molar-refractivity contribution in [2.45, 2.75) is 19.9 Å². The number of amides is 3. The van der Waals surface area contributed by atoms with E-state index in [2.05, 4.69) is 15.5 Å². The number of ether oxygens (including phenoxy) is 3. The number of urea groups is 1. The van der Waals surface area contributed by atoms with Crippen LogP contribution >= 0.6 is 0 Å². The lowest BCUT2D eigenvalue weighted by Crippen LogP contribution is -2.52. The highest BCUT2D eigenvalue weighted by atomic mass is 16.6. The molecule has 0 aromatic heterocycles. The monoisotopic (exact) mass is 446 g/mol. The second-order valence-electron chi connectivity index (χ2n) is 7.35. The molecule has 0 bridgehead atoms. The van der Waals surface area contributed by atoms with Gasteiger partial charge in [-0.15, -0.1) is 0 Å². The summed E-state index contributed by atoms with van der Waals surface area (Å²) >= 11 is 0. The fourth-order valence-electron chi connectivity index (χ4n) is 3.86. The van der Waals surface area contributed by atoms with E-state index in [1.165, 1.54) is 0 Å². The van der Waals surface area contributed by atoms with Crippen molar-refractivity contribution in [2.75, 3.05) is 53.0 Å². The molecule has 2 N–H and O–H groups in total. The van der Waals surface area contributed by atoms with E-state index in [1.807, 2.05) is 18.2 Å². The fourth-order valence-corrected chi connectivity index (χ4v) is 3.86. The van der Waals surface area contributed by atoms with Crippen LogP contribution in [0.3, 0.4) is 0 Å². The molecule has 0 spiro atoms. The molecule has 32 heavy (non-hydrogen) atoms. The van der Waals surface area contributed by atoms with E-state index < -0.39 is 18.0 Å². The van der Waals surface area contributed by atoms with E-state index in [-0.39, 0.29) is 12.7 Å². The minimum Gasteiger partial charge on any atom is -0.496 e. The fraction of sp³-hybridized carbons (Fsp3) is 0.500. The Morgan fingerprint density at radius 2 is 1.75 bits per heavy atom. The Kier molecular flexibility index (Phi) is 7.93. The third kappa shape index (κ3) is 5.31. The van der Waals surface area contributed by atoms with Gasteiger partial charge in [0.2, 0.25) is 0 Å². The van der Waals surface area contributed by atoms with Crippen LogP contribution in [0.4, 0.5) is 9.59 Å². The molecule has 1 aromatic rings. The molecule has 0 unspecified atom stereocenters. The summed E-state index contributed by atoms with van der Waals surface area (Å²) in [5.41, 5.74) is 1.48.